The van der Waals surface area contributed by atoms with E-state index in [-0.39, 0.29) is 11.3 Å². The minimum atomic E-state index is -0.671. The molecule has 3 rings (SSSR count). The lowest BCUT2D eigenvalue weighted by Crippen LogP contribution is -2.35. The molecule has 0 radical (unpaired) electrons. The molecular weight excluding hydrogens is 460 g/mol. The van der Waals surface area contributed by atoms with Gasteiger partial charge >= 0.3 is 0 Å². The lowest BCUT2D eigenvalue weighted by molar-refractivity contribution is -0.140. The molecule has 1 heterocycles. The second-order valence-corrected chi connectivity index (χ2v) is 8.68. The number of aliphatic hydroxyl groups excluding tert-OH is 1. The zero-order valence-corrected chi connectivity index (χ0v) is 19.8. The van der Waals surface area contributed by atoms with Crippen LogP contribution in [0.3, 0.4) is 0 Å². The van der Waals surface area contributed by atoms with Crippen molar-refractivity contribution in [2.45, 2.75) is 19.9 Å². The Morgan fingerprint density at radius 3 is 2.42 bits per heavy atom. The Balaban J connectivity index is 2.12. The molecule has 1 aliphatic heterocycles. The molecule has 6 nitrogen and oxygen atoms in total. The number of aliphatic hydroxyl groups is 1. The van der Waals surface area contributed by atoms with Gasteiger partial charge in [0.1, 0.15) is 11.5 Å². The van der Waals surface area contributed by atoms with Crippen molar-refractivity contribution in [1.82, 2.24) is 9.80 Å². The molecule has 2 aromatic carbocycles. The number of benzene rings is 2. The fourth-order valence-corrected chi connectivity index (χ4v) is 3.94. The summed E-state index contributed by atoms with van der Waals surface area (Å²) >= 11 is 3.42. The van der Waals surface area contributed by atoms with Crippen LogP contribution in [0.15, 0.2) is 52.5 Å². The molecule has 7 heteroatoms. The Bertz CT molecular complexity index is 1010. The third-order valence-corrected chi connectivity index (χ3v) is 5.79. The van der Waals surface area contributed by atoms with Crippen molar-refractivity contribution in [3.05, 3.63) is 69.2 Å². The molecule has 164 valence electrons. The molecule has 1 saturated heterocycles. The highest BCUT2D eigenvalue weighted by molar-refractivity contribution is 9.10. The van der Waals surface area contributed by atoms with Gasteiger partial charge in [0.2, 0.25) is 0 Å². The summed E-state index contributed by atoms with van der Waals surface area (Å²) in [6, 6.07) is 12.0. The summed E-state index contributed by atoms with van der Waals surface area (Å²) in [4.78, 5) is 29.4. The largest absolute Gasteiger partial charge is 0.507 e. The topological polar surface area (TPSA) is 70.1 Å². The number of carbonyl (C=O) groups excluding carboxylic acids is 2. The number of likely N-dealkylation sites (tertiary alicyclic amines) is 1. The normalized spacial score (nSPS) is 18.1. The second-order valence-electron chi connectivity index (χ2n) is 7.76. The summed E-state index contributed by atoms with van der Waals surface area (Å²) in [5.74, 6) is -0.727. The number of likely N-dealkylation sites (N-methyl/N-ethyl adjacent to an activating group) is 1. The number of rotatable bonds is 7. The van der Waals surface area contributed by atoms with E-state index in [9.17, 15) is 14.7 Å². The number of hydrogen-bond acceptors (Lipinski definition) is 5. The number of aryl methyl sites for hydroxylation is 1. The molecule has 0 saturated carbocycles. The fourth-order valence-electron chi connectivity index (χ4n) is 3.68. The van der Waals surface area contributed by atoms with Gasteiger partial charge in [0, 0.05) is 23.1 Å². The molecule has 1 amide bonds. The minimum Gasteiger partial charge on any atom is -0.507 e. The van der Waals surface area contributed by atoms with Crippen LogP contribution in [0, 0.1) is 6.92 Å². The van der Waals surface area contributed by atoms with Gasteiger partial charge in [-0.15, -0.1) is 0 Å². The van der Waals surface area contributed by atoms with Crippen LogP contribution in [-0.4, -0.2) is 60.4 Å². The summed E-state index contributed by atoms with van der Waals surface area (Å²) in [7, 11) is 3.82. The predicted octanol–water partition coefficient (Wildman–Crippen LogP) is 4.14. The maximum atomic E-state index is 13.0. The van der Waals surface area contributed by atoms with E-state index in [0.29, 0.717) is 25.3 Å². The number of hydrogen-bond donors (Lipinski definition) is 1. The summed E-state index contributed by atoms with van der Waals surface area (Å²) in [5, 5.41) is 11.2. The zero-order valence-electron chi connectivity index (χ0n) is 18.2. The quantitative estimate of drug-likeness (QED) is 0.361. The van der Waals surface area contributed by atoms with Gasteiger partial charge in [-0.3, -0.25) is 9.59 Å². The Labute approximate surface area is 191 Å². The molecule has 1 atom stereocenters. The number of carbonyl (C=O) groups is 2. The van der Waals surface area contributed by atoms with Gasteiger partial charge in [0.15, 0.2) is 0 Å². The molecular formula is C24H27BrN2O4. The fraction of sp³-hybridized carbons (Fsp3) is 0.333. The highest BCUT2D eigenvalue weighted by Crippen LogP contribution is 2.40. The lowest BCUT2D eigenvalue weighted by atomic mass is 9.95. The van der Waals surface area contributed by atoms with E-state index < -0.39 is 17.7 Å². The highest BCUT2D eigenvalue weighted by Gasteiger charge is 2.45. The maximum absolute atomic E-state index is 13.0. The number of Topliss-reactive ketones (excluding diaryl/α,β-unsaturated/α-hetero) is 1. The van der Waals surface area contributed by atoms with Crippen LogP contribution in [-0.2, 0) is 9.59 Å². The Hall–Kier alpha value is -2.64. The van der Waals surface area contributed by atoms with Crippen molar-refractivity contribution >= 4 is 33.4 Å². The number of amides is 1. The smallest absolute Gasteiger partial charge is 0.295 e. The van der Waals surface area contributed by atoms with Crippen LogP contribution in [0.5, 0.6) is 5.75 Å². The van der Waals surface area contributed by atoms with Crippen molar-refractivity contribution in [3.63, 3.8) is 0 Å². The third kappa shape index (κ3) is 4.83. The Morgan fingerprint density at radius 1 is 1.16 bits per heavy atom. The van der Waals surface area contributed by atoms with Gasteiger partial charge in [-0.1, -0.05) is 28.1 Å². The van der Waals surface area contributed by atoms with Gasteiger partial charge in [-0.05, 0) is 69.4 Å². The average Bonchev–Trinajstić information content (AvgIpc) is 2.98. The van der Waals surface area contributed by atoms with Gasteiger partial charge < -0.3 is 19.6 Å². The Kier molecular flexibility index (Phi) is 7.18. The third-order valence-electron chi connectivity index (χ3n) is 5.26. The van der Waals surface area contributed by atoms with Crippen LogP contribution in [0.25, 0.3) is 5.76 Å². The van der Waals surface area contributed by atoms with Gasteiger partial charge in [0.25, 0.3) is 11.7 Å². The number of halogens is 1. The molecule has 1 fully saturated rings. The van der Waals surface area contributed by atoms with Crippen molar-refractivity contribution in [2.75, 3.05) is 33.8 Å². The maximum Gasteiger partial charge on any atom is 0.295 e. The van der Waals surface area contributed by atoms with Crippen LogP contribution >= 0.6 is 15.9 Å². The van der Waals surface area contributed by atoms with Crippen molar-refractivity contribution < 1.29 is 19.4 Å². The molecule has 0 unspecified atom stereocenters. The molecule has 0 aliphatic carbocycles. The highest BCUT2D eigenvalue weighted by atomic mass is 79.9. The summed E-state index contributed by atoms with van der Waals surface area (Å²) in [5.41, 5.74) is 2.20. The van der Waals surface area contributed by atoms with E-state index >= 15 is 0 Å². The van der Waals surface area contributed by atoms with Crippen molar-refractivity contribution in [1.29, 1.82) is 0 Å². The van der Waals surface area contributed by atoms with Crippen LogP contribution in [0.2, 0.25) is 0 Å². The van der Waals surface area contributed by atoms with Gasteiger partial charge in [0.05, 0.1) is 18.2 Å². The first-order valence-electron chi connectivity index (χ1n) is 10.2. The molecule has 0 aromatic heterocycles. The van der Waals surface area contributed by atoms with Crippen molar-refractivity contribution in [3.8, 4) is 5.75 Å². The first-order chi connectivity index (χ1) is 14.7. The first kappa shape index (κ1) is 23.0. The lowest BCUT2D eigenvalue weighted by Gasteiger charge is -2.26. The number of ketones is 1. The van der Waals surface area contributed by atoms with Crippen LogP contribution < -0.4 is 4.74 Å². The summed E-state index contributed by atoms with van der Waals surface area (Å²) in [6.07, 6.45) is 0. The SMILES string of the molecule is CCOc1ccc(C(O)=C2C(=O)C(=O)N(CCN(C)C)[C@H]2c2ccc(Br)cc2)cc1C. The number of nitrogens with zero attached hydrogens (tertiary/aromatic N) is 2. The molecule has 2 aromatic rings. The molecule has 1 aliphatic rings. The van der Waals surface area contributed by atoms with E-state index in [0.717, 1.165) is 21.3 Å². The molecule has 0 spiro atoms. The summed E-state index contributed by atoms with van der Waals surface area (Å²) < 4.78 is 6.46. The minimum absolute atomic E-state index is 0.106. The second kappa shape index (κ2) is 9.66. The first-order valence-corrected chi connectivity index (χ1v) is 11.0. The van der Waals surface area contributed by atoms with E-state index in [4.69, 9.17) is 4.74 Å². The molecule has 0 bridgehead atoms. The van der Waals surface area contributed by atoms with Crippen molar-refractivity contribution in [2.24, 2.45) is 0 Å². The Morgan fingerprint density at radius 2 is 1.84 bits per heavy atom. The summed E-state index contributed by atoms with van der Waals surface area (Å²) in [6.45, 7) is 5.29. The van der Waals surface area contributed by atoms with E-state index in [1.807, 2.05) is 57.1 Å². The molecule has 31 heavy (non-hydrogen) atoms. The van der Waals surface area contributed by atoms with E-state index in [1.165, 1.54) is 0 Å². The standard InChI is InChI=1S/C24H27BrN2O4/c1-5-31-19-11-8-17(14-15(19)2)22(28)20-21(16-6-9-18(25)10-7-16)27(13-12-26(3)4)24(30)23(20)29/h6-11,14,21,28H,5,12-13H2,1-4H3/t21-/m0/s1. The monoisotopic (exact) mass is 486 g/mol. The molecule has 1 N–H and O–H groups in total. The number of ether oxygens (including phenoxy) is 1. The van der Waals surface area contributed by atoms with Gasteiger partial charge in [-0.25, -0.2) is 0 Å². The predicted molar refractivity (Wildman–Crippen MR) is 124 cm³/mol. The van der Waals surface area contributed by atoms with Gasteiger partial charge in [-0.2, -0.15) is 0 Å². The average molecular weight is 487 g/mol. The van der Waals surface area contributed by atoms with E-state index in [2.05, 4.69) is 15.9 Å². The zero-order chi connectivity index (χ0) is 22.7. The van der Waals surface area contributed by atoms with E-state index in [1.54, 1.807) is 23.1 Å². The van der Waals surface area contributed by atoms with Crippen LogP contribution in [0.1, 0.15) is 29.7 Å². The van der Waals surface area contributed by atoms with Crippen LogP contribution in [0.4, 0.5) is 0 Å².